The van der Waals surface area contributed by atoms with Gasteiger partial charge in [0.2, 0.25) is 0 Å². The number of benzene rings is 2. The van der Waals surface area contributed by atoms with Gasteiger partial charge in [-0.05, 0) is 48.9 Å². The van der Waals surface area contributed by atoms with E-state index in [0.29, 0.717) is 11.4 Å². The van der Waals surface area contributed by atoms with Crippen LogP contribution < -0.4 is 0 Å². The number of aryl methyl sites for hydroxylation is 1. The predicted octanol–water partition coefficient (Wildman–Crippen LogP) is 7.02. The smallest absolute Gasteiger partial charge is 0.324 e. The Morgan fingerprint density at radius 1 is 1.04 bits per heavy atom. The third-order valence-corrected chi connectivity index (χ3v) is 5.58. The number of halogens is 3. The molecule has 6 heteroatoms. The largest absolute Gasteiger partial charge is 0.416 e. The van der Waals surface area contributed by atoms with Crippen LogP contribution in [0.25, 0.3) is 22.4 Å². The molecule has 0 unspecified atom stereocenters. The van der Waals surface area contributed by atoms with Crippen LogP contribution in [-0.2, 0) is 12.7 Å². The molecule has 0 saturated carbocycles. The monoisotopic (exact) mass is 392 g/mol. The van der Waals surface area contributed by atoms with Gasteiger partial charge >= 0.3 is 6.18 Å². The Hall–Kier alpha value is -1.95. The van der Waals surface area contributed by atoms with E-state index in [2.05, 4.69) is 29.5 Å². The van der Waals surface area contributed by atoms with E-state index in [1.807, 2.05) is 12.1 Å². The highest BCUT2D eigenvalue weighted by atomic mass is 32.2. The normalized spacial score (nSPS) is 12.0. The zero-order valence-electron chi connectivity index (χ0n) is 15.5. The van der Waals surface area contributed by atoms with Crippen molar-refractivity contribution in [3.63, 3.8) is 0 Å². The lowest BCUT2D eigenvalue weighted by Crippen LogP contribution is -2.06. The average molecular weight is 392 g/mol. The fraction of sp³-hybridized carbons (Fsp3) is 0.381. The lowest BCUT2D eigenvalue weighted by molar-refractivity contribution is -0.137. The van der Waals surface area contributed by atoms with E-state index in [0.717, 1.165) is 53.6 Å². The van der Waals surface area contributed by atoms with Crippen molar-refractivity contribution in [2.45, 2.75) is 50.7 Å². The number of hydrogen-bond donors (Lipinski definition) is 0. The van der Waals surface area contributed by atoms with Crippen molar-refractivity contribution in [1.82, 2.24) is 9.55 Å². The van der Waals surface area contributed by atoms with Gasteiger partial charge in [0.05, 0.1) is 16.6 Å². The summed E-state index contributed by atoms with van der Waals surface area (Å²) in [6, 6.07) is 11.5. The Morgan fingerprint density at radius 3 is 2.56 bits per heavy atom. The first-order valence-electron chi connectivity index (χ1n) is 9.24. The molecule has 0 bridgehead atoms. The molecule has 0 aliphatic heterocycles. The minimum absolute atomic E-state index is 0.500. The summed E-state index contributed by atoms with van der Waals surface area (Å²) in [5, 5.41) is 0. The summed E-state index contributed by atoms with van der Waals surface area (Å²) in [7, 11) is 0. The van der Waals surface area contributed by atoms with Gasteiger partial charge in [0.15, 0.2) is 0 Å². The third kappa shape index (κ3) is 4.49. The van der Waals surface area contributed by atoms with Gasteiger partial charge in [-0.3, -0.25) is 0 Å². The number of aromatic nitrogens is 2. The summed E-state index contributed by atoms with van der Waals surface area (Å²) in [6.45, 7) is 4.98. The lowest BCUT2D eigenvalue weighted by atomic mass is 10.1. The van der Waals surface area contributed by atoms with Crippen LogP contribution in [0.5, 0.6) is 0 Å². The molecule has 2 aromatic carbocycles. The number of fused-ring (bicyclic) bond motifs is 1. The first-order valence-corrected chi connectivity index (χ1v) is 10.2. The molecular weight excluding hydrogens is 369 g/mol. The molecule has 0 saturated heterocycles. The Labute approximate surface area is 161 Å². The maximum atomic E-state index is 13.1. The number of rotatable bonds is 7. The Morgan fingerprint density at radius 2 is 1.85 bits per heavy atom. The molecule has 3 aromatic rings. The molecule has 0 N–H and O–H groups in total. The number of unbranched alkanes of at least 4 members (excludes halogenated alkanes) is 1. The minimum Gasteiger partial charge on any atom is -0.324 e. The molecule has 0 aliphatic carbocycles. The molecule has 2 nitrogen and oxygen atoms in total. The summed E-state index contributed by atoms with van der Waals surface area (Å²) in [4.78, 5) is 5.83. The van der Waals surface area contributed by atoms with Gasteiger partial charge in [-0.1, -0.05) is 32.4 Å². The standard InChI is InChI=1S/C21H23F3N2S/c1-3-5-11-26-19-14-17(27-12-4-2)9-10-18(19)25-20(26)15-7-6-8-16(13-15)21(22,23)24/h6-10,13-14H,3-5,11-12H2,1-2H3. The number of hydrogen-bond acceptors (Lipinski definition) is 2. The van der Waals surface area contributed by atoms with E-state index in [4.69, 9.17) is 0 Å². The number of alkyl halides is 3. The highest BCUT2D eigenvalue weighted by molar-refractivity contribution is 7.99. The molecule has 0 fully saturated rings. The Bertz CT molecular complexity index is 915. The fourth-order valence-corrected chi connectivity index (χ4v) is 3.81. The minimum atomic E-state index is -4.36. The van der Waals surface area contributed by atoms with E-state index >= 15 is 0 Å². The second-order valence-corrected chi connectivity index (χ2v) is 7.69. The van der Waals surface area contributed by atoms with E-state index in [9.17, 15) is 13.2 Å². The molecule has 1 aromatic heterocycles. The van der Waals surface area contributed by atoms with Crippen molar-refractivity contribution >= 4 is 22.8 Å². The van der Waals surface area contributed by atoms with Gasteiger partial charge in [-0.15, -0.1) is 11.8 Å². The number of nitrogens with zero attached hydrogens (tertiary/aromatic N) is 2. The summed E-state index contributed by atoms with van der Waals surface area (Å²) >= 11 is 1.79. The summed E-state index contributed by atoms with van der Waals surface area (Å²) in [5.41, 5.74) is 1.66. The summed E-state index contributed by atoms with van der Waals surface area (Å²) in [6.07, 6.45) is -1.32. The van der Waals surface area contributed by atoms with Crippen LogP contribution in [0.15, 0.2) is 47.4 Å². The molecule has 0 amide bonds. The van der Waals surface area contributed by atoms with Gasteiger partial charge in [-0.2, -0.15) is 13.2 Å². The number of imidazole rings is 1. The van der Waals surface area contributed by atoms with Crippen LogP contribution in [0, 0.1) is 0 Å². The molecule has 0 aliphatic rings. The molecule has 0 atom stereocenters. The van der Waals surface area contributed by atoms with Crippen molar-refractivity contribution < 1.29 is 13.2 Å². The van der Waals surface area contributed by atoms with Crippen molar-refractivity contribution in [3.8, 4) is 11.4 Å². The molecule has 0 spiro atoms. The van der Waals surface area contributed by atoms with Crippen molar-refractivity contribution in [2.24, 2.45) is 0 Å². The van der Waals surface area contributed by atoms with E-state index in [1.54, 1.807) is 17.8 Å². The van der Waals surface area contributed by atoms with Crippen molar-refractivity contribution in [1.29, 1.82) is 0 Å². The molecule has 144 valence electrons. The Kier molecular flexibility index (Phi) is 6.15. The van der Waals surface area contributed by atoms with Crippen LogP contribution >= 0.6 is 11.8 Å². The van der Waals surface area contributed by atoms with Crippen LogP contribution in [0.1, 0.15) is 38.7 Å². The highest BCUT2D eigenvalue weighted by Crippen LogP contribution is 2.34. The maximum Gasteiger partial charge on any atom is 0.416 e. The lowest BCUT2D eigenvalue weighted by Gasteiger charge is -2.11. The van der Waals surface area contributed by atoms with Gasteiger partial charge in [0, 0.05) is 17.0 Å². The molecule has 3 rings (SSSR count). The van der Waals surface area contributed by atoms with Gasteiger partial charge < -0.3 is 4.57 Å². The third-order valence-electron chi connectivity index (χ3n) is 4.38. The van der Waals surface area contributed by atoms with Gasteiger partial charge in [0.25, 0.3) is 0 Å². The van der Waals surface area contributed by atoms with Crippen LogP contribution in [-0.4, -0.2) is 15.3 Å². The summed E-state index contributed by atoms with van der Waals surface area (Å²) in [5.74, 6) is 1.64. The van der Waals surface area contributed by atoms with Crippen molar-refractivity contribution in [3.05, 3.63) is 48.0 Å². The van der Waals surface area contributed by atoms with Gasteiger partial charge in [0.1, 0.15) is 5.82 Å². The van der Waals surface area contributed by atoms with E-state index in [1.165, 1.54) is 12.1 Å². The highest BCUT2D eigenvalue weighted by Gasteiger charge is 2.30. The topological polar surface area (TPSA) is 17.8 Å². The average Bonchev–Trinajstić information content (AvgIpc) is 3.02. The second kappa shape index (κ2) is 8.38. The zero-order chi connectivity index (χ0) is 19.4. The SMILES string of the molecule is CCCCn1c(-c2cccc(C(F)(F)F)c2)nc2ccc(SCCC)cc21. The van der Waals surface area contributed by atoms with Gasteiger partial charge in [-0.25, -0.2) is 4.98 Å². The number of thioether (sulfide) groups is 1. The molecule has 0 radical (unpaired) electrons. The van der Waals surface area contributed by atoms with E-state index < -0.39 is 11.7 Å². The molecular formula is C21H23F3N2S. The maximum absolute atomic E-state index is 13.1. The second-order valence-electron chi connectivity index (χ2n) is 6.52. The zero-order valence-corrected chi connectivity index (χ0v) is 16.3. The summed E-state index contributed by atoms with van der Waals surface area (Å²) < 4.78 is 41.5. The molecule has 1 heterocycles. The molecule has 27 heavy (non-hydrogen) atoms. The van der Waals surface area contributed by atoms with Crippen LogP contribution in [0.3, 0.4) is 0 Å². The predicted molar refractivity (Wildman–Crippen MR) is 106 cm³/mol. The van der Waals surface area contributed by atoms with E-state index in [-0.39, 0.29) is 0 Å². The van der Waals surface area contributed by atoms with Crippen LogP contribution in [0.2, 0.25) is 0 Å². The van der Waals surface area contributed by atoms with Crippen molar-refractivity contribution in [2.75, 3.05) is 5.75 Å². The Balaban J connectivity index is 2.11. The fourth-order valence-electron chi connectivity index (χ4n) is 3.01. The quantitative estimate of drug-likeness (QED) is 0.402. The first-order chi connectivity index (χ1) is 12.9. The first kappa shape index (κ1) is 19.8. The van der Waals surface area contributed by atoms with Crippen LogP contribution in [0.4, 0.5) is 13.2 Å².